The Hall–Kier alpha value is -1.02. The highest BCUT2D eigenvalue weighted by Gasteiger charge is 2.06. The lowest BCUT2D eigenvalue weighted by molar-refractivity contribution is 0.0684. The average molecular weight is 314 g/mol. The number of aromatic nitrogens is 2. The van der Waals surface area contributed by atoms with E-state index < -0.39 is 0 Å². The van der Waals surface area contributed by atoms with Crippen molar-refractivity contribution in [3.8, 4) is 0 Å². The van der Waals surface area contributed by atoms with E-state index in [2.05, 4.69) is 4.98 Å². The van der Waals surface area contributed by atoms with Crippen LogP contribution >= 0.6 is 23.6 Å². The summed E-state index contributed by atoms with van der Waals surface area (Å²) in [5.41, 5.74) is -0.00898. The topological polar surface area (TPSA) is 56.2 Å². The lowest BCUT2D eigenvalue weighted by Gasteiger charge is -2.07. The predicted octanol–water partition coefficient (Wildman–Crippen LogP) is 2.56. The average Bonchev–Trinajstić information content (AvgIpc) is 2.89. The third-order valence-corrected chi connectivity index (χ3v) is 4.11. The van der Waals surface area contributed by atoms with Gasteiger partial charge in [-0.2, -0.15) is 0 Å². The number of methoxy groups -OCH3 is 1. The maximum Gasteiger partial charge on any atom is 0.263 e. The summed E-state index contributed by atoms with van der Waals surface area (Å²) in [6.07, 6.45) is 1.76. The molecule has 0 radical (unpaired) electrons. The van der Waals surface area contributed by atoms with Gasteiger partial charge in [0.25, 0.3) is 5.56 Å². The second kappa shape index (κ2) is 7.68. The van der Waals surface area contributed by atoms with E-state index in [-0.39, 0.29) is 5.56 Å². The van der Waals surface area contributed by atoms with Crippen LogP contribution in [0.4, 0.5) is 0 Å². The summed E-state index contributed by atoms with van der Waals surface area (Å²) in [5, 5.41) is 2.60. The Kier molecular flexibility index (Phi) is 5.90. The molecule has 1 N–H and O–H groups in total. The number of hydrogen-bond acceptors (Lipinski definition) is 5. The van der Waals surface area contributed by atoms with Crippen LogP contribution in [-0.4, -0.2) is 36.5 Å². The van der Waals surface area contributed by atoms with Gasteiger partial charge in [-0.1, -0.05) is 0 Å². The molecule has 0 saturated carbocycles. The van der Waals surface area contributed by atoms with Crippen molar-refractivity contribution in [3.63, 3.8) is 0 Å². The summed E-state index contributed by atoms with van der Waals surface area (Å²) >= 11 is 6.73. The lowest BCUT2D eigenvalue weighted by Crippen LogP contribution is -2.21. The molecule has 0 aliphatic carbocycles. The van der Waals surface area contributed by atoms with Crippen molar-refractivity contribution in [2.24, 2.45) is 0 Å². The molecule has 0 aliphatic heterocycles. The minimum Gasteiger partial charge on any atom is -0.382 e. The van der Waals surface area contributed by atoms with Gasteiger partial charge in [0.05, 0.1) is 18.6 Å². The van der Waals surface area contributed by atoms with E-state index in [0.29, 0.717) is 36.5 Å². The van der Waals surface area contributed by atoms with E-state index in [1.165, 1.54) is 11.3 Å². The smallest absolute Gasteiger partial charge is 0.263 e. The number of aromatic amines is 1. The molecule has 7 heteroatoms. The van der Waals surface area contributed by atoms with Crippen molar-refractivity contribution in [1.29, 1.82) is 0 Å². The van der Waals surface area contributed by atoms with Crippen LogP contribution in [0.2, 0.25) is 0 Å². The molecule has 2 aromatic rings. The minimum atomic E-state index is -0.00898. The fourth-order valence-corrected chi connectivity index (χ4v) is 3.02. The van der Waals surface area contributed by atoms with Crippen LogP contribution in [-0.2, 0) is 16.0 Å². The van der Waals surface area contributed by atoms with Gasteiger partial charge in [0.15, 0.2) is 4.77 Å². The van der Waals surface area contributed by atoms with Gasteiger partial charge in [-0.15, -0.1) is 11.3 Å². The molecule has 0 spiro atoms. The monoisotopic (exact) mass is 314 g/mol. The second-order valence-corrected chi connectivity index (χ2v) is 5.67. The molecule has 0 amide bonds. The van der Waals surface area contributed by atoms with E-state index in [0.717, 1.165) is 17.7 Å². The highest BCUT2D eigenvalue weighted by Crippen LogP contribution is 2.14. The highest BCUT2D eigenvalue weighted by molar-refractivity contribution is 7.71. The molecule has 2 heterocycles. The summed E-state index contributed by atoms with van der Waals surface area (Å²) in [4.78, 5) is 16.2. The zero-order valence-electron chi connectivity index (χ0n) is 11.4. The first-order valence-corrected chi connectivity index (χ1v) is 7.80. The third kappa shape index (κ3) is 3.76. The molecular weight excluding hydrogens is 296 g/mol. The van der Waals surface area contributed by atoms with Crippen molar-refractivity contribution in [3.05, 3.63) is 26.6 Å². The number of thiophene rings is 1. The molecule has 5 nitrogen and oxygen atoms in total. The lowest BCUT2D eigenvalue weighted by atomic mass is 10.3. The molecular formula is C13H18N2O3S2. The van der Waals surface area contributed by atoms with Crippen molar-refractivity contribution >= 4 is 33.8 Å². The number of unbranched alkanes of at least 4 members (excludes halogenated alkanes) is 1. The van der Waals surface area contributed by atoms with E-state index in [4.69, 9.17) is 21.7 Å². The van der Waals surface area contributed by atoms with Gasteiger partial charge < -0.3 is 14.5 Å². The summed E-state index contributed by atoms with van der Waals surface area (Å²) in [6.45, 7) is 2.51. The Morgan fingerprint density at radius 1 is 1.35 bits per heavy atom. The van der Waals surface area contributed by atoms with Crippen LogP contribution in [0, 0.1) is 4.77 Å². The molecule has 2 rings (SSSR count). The van der Waals surface area contributed by atoms with Crippen LogP contribution in [0.25, 0.3) is 10.2 Å². The zero-order valence-corrected chi connectivity index (χ0v) is 13.0. The van der Waals surface area contributed by atoms with Crippen molar-refractivity contribution in [2.75, 3.05) is 26.9 Å². The highest BCUT2D eigenvalue weighted by atomic mass is 32.1. The minimum absolute atomic E-state index is 0.00898. The first-order chi connectivity index (χ1) is 9.74. The molecule has 110 valence electrons. The number of ether oxygens (including phenoxy) is 2. The fourth-order valence-electron chi connectivity index (χ4n) is 1.90. The standard InChI is InChI=1S/C13H18N2O3S2/c1-17-7-8-18-6-3-2-5-15-12(16)10-4-9-20-11(10)14-13(15)19/h4,9H,2-3,5-8H2,1H3,(H,14,19). The fraction of sp³-hybridized carbons (Fsp3) is 0.538. The first kappa shape index (κ1) is 15.4. The quantitative estimate of drug-likeness (QED) is 0.601. The maximum atomic E-state index is 12.3. The van der Waals surface area contributed by atoms with Gasteiger partial charge in [-0.25, -0.2) is 0 Å². The van der Waals surface area contributed by atoms with Gasteiger partial charge in [0.1, 0.15) is 4.83 Å². The Bertz CT molecular complexity index is 659. The van der Waals surface area contributed by atoms with Crippen LogP contribution in [0.1, 0.15) is 12.8 Å². The molecule has 0 unspecified atom stereocenters. The van der Waals surface area contributed by atoms with Crippen molar-refractivity contribution in [2.45, 2.75) is 19.4 Å². The number of nitrogens with zero attached hydrogens (tertiary/aromatic N) is 1. The number of rotatable bonds is 8. The largest absolute Gasteiger partial charge is 0.382 e. The van der Waals surface area contributed by atoms with Gasteiger partial charge in [0.2, 0.25) is 0 Å². The van der Waals surface area contributed by atoms with E-state index in [9.17, 15) is 4.79 Å². The Morgan fingerprint density at radius 2 is 2.20 bits per heavy atom. The van der Waals surface area contributed by atoms with Crippen LogP contribution in [0.5, 0.6) is 0 Å². The van der Waals surface area contributed by atoms with E-state index >= 15 is 0 Å². The summed E-state index contributed by atoms with van der Waals surface area (Å²) in [5.74, 6) is 0. The van der Waals surface area contributed by atoms with Crippen LogP contribution < -0.4 is 5.56 Å². The van der Waals surface area contributed by atoms with Gasteiger partial charge in [0, 0.05) is 20.3 Å². The SMILES string of the molecule is COCCOCCCCn1c(=S)[nH]c2sccc2c1=O. The Labute approximate surface area is 126 Å². The number of H-pyrrole nitrogens is 1. The molecule has 20 heavy (non-hydrogen) atoms. The Balaban J connectivity index is 1.90. The van der Waals surface area contributed by atoms with Crippen LogP contribution in [0.15, 0.2) is 16.2 Å². The van der Waals surface area contributed by atoms with Gasteiger partial charge >= 0.3 is 0 Å². The predicted molar refractivity (Wildman–Crippen MR) is 83.2 cm³/mol. The third-order valence-electron chi connectivity index (χ3n) is 2.96. The summed E-state index contributed by atoms with van der Waals surface area (Å²) < 4.78 is 12.4. The first-order valence-electron chi connectivity index (χ1n) is 6.51. The second-order valence-electron chi connectivity index (χ2n) is 4.36. The van der Waals surface area contributed by atoms with Crippen LogP contribution in [0.3, 0.4) is 0 Å². The summed E-state index contributed by atoms with van der Waals surface area (Å²) in [7, 11) is 1.65. The number of fused-ring (bicyclic) bond motifs is 1. The van der Waals surface area contributed by atoms with Gasteiger partial charge in [-0.3, -0.25) is 9.36 Å². The molecule has 2 aromatic heterocycles. The molecule has 0 bridgehead atoms. The maximum absolute atomic E-state index is 12.3. The van der Waals surface area contributed by atoms with Crippen molar-refractivity contribution in [1.82, 2.24) is 9.55 Å². The molecule has 0 aromatic carbocycles. The zero-order chi connectivity index (χ0) is 14.4. The summed E-state index contributed by atoms with van der Waals surface area (Å²) in [6, 6.07) is 1.83. The molecule has 0 fully saturated rings. The van der Waals surface area contributed by atoms with Gasteiger partial charge in [-0.05, 0) is 36.5 Å². The molecule has 0 atom stereocenters. The molecule has 0 saturated heterocycles. The Morgan fingerprint density at radius 3 is 3.00 bits per heavy atom. The normalized spacial score (nSPS) is 11.2. The molecule has 0 aliphatic rings. The van der Waals surface area contributed by atoms with E-state index in [1.54, 1.807) is 11.7 Å². The number of nitrogens with one attached hydrogen (secondary N) is 1. The number of hydrogen-bond donors (Lipinski definition) is 1. The van der Waals surface area contributed by atoms with Crippen molar-refractivity contribution < 1.29 is 9.47 Å². The van der Waals surface area contributed by atoms with E-state index in [1.807, 2.05) is 11.4 Å².